The summed E-state index contributed by atoms with van der Waals surface area (Å²) in [5.74, 6) is 0.567. The third-order valence-corrected chi connectivity index (χ3v) is 7.40. The highest BCUT2D eigenvalue weighted by atomic mass is 31.0. The van der Waals surface area contributed by atoms with Gasteiger partial charge in [0.15, 0.2) is 5.69 Å². The van der Waals surface area contributed by atoms with Crippen LogP contribution in [-0.2, 0) is 24.2 Å². The molecule has 0 saturated carbocycles. The number of aromatic nitrogens is 2. The summed E-state index contributed by atoms with van der Waals surface area (Å²) in [7, 11) is 2.47. The Kier molecular flexibility index (Phi) is 7.18. The van der Waals surface area contributed by atoms with Crippen LogP contribution in [0.15, 0.2) is 12.1 Å². The van der Waals surface area contributed by atoms with Crippen LogP contribution >= 0.6 is 9.24 Å². The summed E-state index contributed by atoms with van der Waals surface area (Å²) in [6.45, 7) is 8.46. The van der Waals surface area contributed by atoms with E-state index in [1.165, 1.54) is 0 Å². The summed E-state index contributed by atoms with van der Waals surface area (Å²) in [6.07, 6.45) is 3.48. The van der Waals surface area contributed by atoms with Crippen LogP contribution in [0.4, 0.5) is 4.39 Å². The van der Waals surface area contributed by atoms with Crippen LogP contribution in [0.3, 0.4) is 0 Å². The fourth-order valence-electron chi connectivity index (χ4n) is 5.13. The molecular formula is C25H34FN4O2P. The zero-order valence-electron chi connectivity index (χ0n) is 19.8. The summed E-state index contributed by atoms with van der Waals surface area (Å²) in [6, 6.07) is 3.88. The van der Waals surface area contributed by atoms with Gasteiger partial charge in [-0.3, -0.25) is 14.7 Å². The van der Waals surface area contributed by atoms with Gasteiger partial charge in [0.05, 0.1) is 12.2 Å². The van der Waals surface area contributed by atoms with Gasteiger partial charge in [0.25, 0.3) is 5.91 Å². The molecule has 8 heteroatoms. The molecule has 1 saturated heterocycles. The molecule has 0 radical (unpaired) electrons. The minimum atomic E-state index is -0.123. The predicted molar refractivity (Wildman–Crippen MR) is 130 cm³/mol. The molecular weight excluding hydrogens is 438 g/mol. The fraction of sp³-hybridized carbons (Fsp3) is 0.560. The van der Waals surface area contributed by atoms with E-state index in [1.807, 2.05) is 42.7 Å². The summed E-state index contributed by atoms with van der Waals surface area (Å²) < 4.78 is 14.6. The smallest absolute Gasteiger partial charge is 0.274 e. The lowest BCUT2D eigenvalue weighted by molar-refractivity contribution is -0.132. The van der Waals surface area contributed by atoms with Crippen LogP contribution < -0.4 is 5.30 Å². The maximum Gasteiger partial charge on any atom is 0.274 e. The summed E-state index contributed by atoms with van der Waals surface area (Å²) in [5, 5.41) is 7.97. The zero-order chi connectivity index (χ0) is 23.7. The normalized spacial score (nSPS) is 16.9. The molecule has 1 atom stereocenters. The molecule has 1 unspecified atom stereocenters. The molecule has 3 heterocycles. The molecule has 2 amide bonds. The van der Waals surface area contributed by atoms with E-state index in [1.54, 1.807) is 0 Å². The van der Waals surface area contributed by atoms with Gasteiger partial charge in [0.2, 0.25) is 5.91 Å². The Morgan fingerprint density at radius 1 is 1.21 bits per heavy atom. The van der Waals surface area contributed by atoms with Gasteiger partial charge in [0, 0.05) is 36.9 Å². The van der Waals surface area contributed by atoms with Crippen molar-refractivity contribution in [3.8, 4) is 0 Å². The van der Waals surface area contributed by atoms with Gasteiger partial charge >= 0.3 is 0 Å². The van der Waals surface area contributed by atoms with E-state index in [9.17, 15) is 14.0 Å². The van der Waals surface area contributed by atoms with Crippen molar-refractivity contribution < 1.29 is 14.0 Å². The number of nitrogens with one attached hydrogen (secondary N) is 1. The van der Waals surface area contributed by atoms with Crippen molar-refractivity contribution in [3.05, 3.63) is 46.0 Å². The molecule has 33 heavy (non-hydrogen) atoms. The second-order valence-corrected chi connectivity index (χ2v) is 10.3. The lowest BCUT2D eigenvalue weighted by atomic mass is 9.85. The van der Waals surface area contributed by atoms with Gasteiger partial charge in [0.1, 0.15) is 5.82 Å². The Bertz CT molecular complexity index is 1040. The highest BCUT2D eigenvalue weighted by Crippen LogP contribution is 2.33. The number of hydrogen-bond acceptors (Lipinski definition) is 3. The topological polar surface area (TPSA) is 69.3 Å². The Morgan fingerprint density at radius 3 is 2.61 bits per heavy atom. The maximum atomic E-state index is 14.6. The molecule has 2 aliphatic heterocycles. The first-order valence-electron chi connectivity index (χ1n) is 12.0. The van der Waals surface area contributed by atoms with Gasteiger partial charge in [-0.25, -0.2) is 4.39 Å². The molecule has 6 nitrogen and oxygen atoms in total. The van der Waals surface area contributed by atoms with Crippen molar-refractivity contribution in [1.29, 1.82) is 0 Å². The lowest BCUT2D eigenvalue weighted by Gasteiger charge is -2.33. The van der Waals surface area contributed by atoms with Gasteiger partial charge in [-0.2, -0.15) is 5.10 Å². The summed E-state index contributed by atoms with van der Waals surface area (Å²) in [4.78, 5) is 29.4. The number of hydrogen-bond donors (Lipinski definition) is 1. The molecule has 1 aromatic heterocycles. The molecule has 2 aliphatic rings. The first-order chi connectivity index (χ1) is 15.8. The van der Waals surface area contributed by atoms with E-state index in [4.69, 9.17) is 0 Å². The molecule has 2 aromatic rings. The fourth-order valence-corrected chi connectivity index (χ4v) is 5.40. The maximum absolute atomic E-state index is 14.6. The van der Waals surface area contributed by atoms with Crippen molar-refractivity contribution in [1.82, 2.24) is 20.0 Å². The van der Waals surface area contributed by atoms with Crippen molar-refractivity contribution in [2.75, 3.05) is 19.6 Å². The van der Waals surface area contributed by atoms with Crippen molar-refractivity contribution in [2.45, 2.75) is 65.3 Å². The average molecular weight is 473 g/mol. The summed E-state index contributed by atoms with van der Waals surface area (Å²) in [5.41, 5.74) is 4.19. The van der Waals surface area contributed by atoms with Gasteiger partial charge < -0.3 is 9.80 Å². The van der Waals surface area contributed by atoms with E-state index in [0.29, 0.717) is 62.4 Å². The molecule has 0 bridgehead atoms. The number of fused-ring (bicyclic) bond motifs is 1. The quantitative estimate of drug-likeness (QED) is 0.677. The third kappa shape index (κ3) is 4.84. The SMILES string of the molecule is CCc1c(C2CCN(C(=O)c3n[nH]c4c3CCN(C(=O)CC(C)C)C4)CC2)ccc(P)c1F. The molecule has 4 rings (SSSR count). The Hall–Kier alpha value is -2.27. The highest BCUT2D eigenvalue weighted by molar-refractivity contribution is 7.27. The number of H-pyrrole nitrogens is 1. The zero-order valence-corrected chi connectivity index (χ0v) is 20.9. The molecule has 1 fully saturated rings. The number of amides is 2. The number of nitrogens with zero attached hydrogens (tertiary/aromatic N) is 3. The number of likely N-dealkylation sites (tertiary alicyclic amines) is 1. The van der Waals surface area contributed by atoms with E-state index in [2.05, 4.69) is 19.4 Å². The standard InChI is InChI=1S/C25H34FN4O2P/c1-4-17-18(5-6-21(33)23(17)26)16-7-10-29(11-8-16)25(32)24-19-9-12-30(14-20(19)27-28-24)22(31)13-15(2)3/h5-6,15-16H,4,7-14,33H2,1-3H3,(H,27,28). The molecule has 0 spiro atoms. The van der Waals surface area contributed by atoms with E-state index >= 15 is 0 Å². The number of rotatable bonds is 5. The second-order valence-electron chi connectivity index (χ2n) is 9.65. The predicted octanol–water partition coefficient (Wildman–Crippen LogP) is 3.56. The van der Waals surface area contributed by atoms with Crippen LogP contribution in [0.5, 0.6) is 0 Å². The number of benzene rings is 1. The van der Waals surface area contributed by atoms with E-state index < -0.39 is 0 Å². The van der Waals surface area contributed by atoms with Crippen molar-refractivity contribution >= 4 is 26.4 Å². The molecule has 0 aliphatic carbocycles. The van der Waals surface area contributed by atoms with Gasteiger partial charge in [-0.15, -0.1) is 9.24 Å². The van der Waals surface area contributed by atoms with E-state index in [0.717, 1.165) is 35.2 Å². The number of carbonyl (C=O) groups excluding carboxylic acids is 2. The molecule has 1 N–H and O–H groups in total. The number of piperidine rings is 1. The first-order valence-corrected chi connectivity index (χ1v) is 12.6. The van der Waals surface area contributed by atoms with Crippen LogP contribution in [0, 0.1) is 11.7 Å². The van der Waals surface area contributed by atoms with Crippen molar-refractivity contribution in [2.24, 2.45) is 5.92 Å². The van der Waals surface area contributed by atoms with E-state index in [-0.39, 0.29) is 23.5 Å². The highest BCUT2D eigenvalue weighted by Gasteiger charge is 2.32. The first kappa shape index (κ1) is 23.9. The minimum absolute atomic E-state index is 0.0462. The average Bonchev–Trinajstić information content (AvgIpc) is 3.23. The Balaban J connectivity index is 1.41. The Labute approximate surface area is 197 Å². The van der Waals surface area contributed by atoms with Gasteiger partial charge in [-0.05, 0) is 48.6 Å². The van der Waals surface area contributed by atoms with Crippen LogP contribution in [0.25, 0.3) is 0 Å². The second kappa shape index (κ2) is 9.92. The number of halogens is 1. The monoisotopic (exact) mass is 472 g/mol. The van der Waals surface area contributed by atoms with Crippen molar-refractivity contribution in [3.63, 3.8) is 0 Å². The summed E-state index contributed by atoms with van der Waals surface area (Å²) >= 11 is 0. The minimum Gasteiger partial charge on any atom is -0.337 e. The molecule has 178 valence electrons. The largest absolute Gasteiger partial charge is 0.337 e. The van der Waals surface area contributed by atoms with Crippen LogP contribution in [-0.4, -0.2) is 51.4 Å². The van der Waals surface area contributed by atoms with Gasteiger partial charge in [-0.1, -0.05) is 32.9 Å². The lowest BCUT2D eigenvalue weighted by Crippen LogP contribution is -2.40. The Morgan fingerprint density at radius 2 is 1.94 bits per heavy atom. The van der Waals surface area contributed by atoms with Crippen LogP contribution in [0.2, 0.25) is 0 Å². The number of carbonyl (C=O) groups is 2. The third-order valence-electron chi connectivity index (χ3n) is 6.96. The number of aromatic amines is 1. The van der Waals surface area contributed by atoms with Crippen LogP contribution in [0.1, 0.15) is 78.8 Å². The molecule has 1 aromatic carbocycles.